The largest absolute Gasteiger partial charge is 0.481 e. The molecule has 0 amide bonds. The molecule has 39 heavy (non-hydrogen) atoms. The van der Waals surface area contributed by atoms with Gasteiger partial charge in [0.15, 0.2) is 5.92 Å². The lowest BCUT2D eigenvalue weighted by molar-refractivity contribution is -0.154. The Hall–Kier alpha value is -3.80. The highest BCUT2D eigenvalue weighted by molar-refractivity contribution is 5.93. The maximum Gasteiger partial charge on any atom is 0.318 e. The van der Waals surface area contributed by atoms with E-state index in [1.807, 2.05) is 24.3 Å². The van der Waals surface area contributed by atoms with Gasteiger partial charge in [0.1, 0.15) is 0 Å². The van der Waals surface area contributed by atoms with Crippen LogP contribution in [0.5, 0.6) is 0 Å². The molecule has 0 saturated carbocycles. The highest BCUT2D eigenvalue weighted by Crippen LogP contribution is 2.38. The number of aryl methyl sites for hydroxylation is 2. The summed E-state index contributed by atoms with van der Waals surface area (Å²) in [5, 5.41) is 18.6. The standard InChI is InChI=1S/C33H42N2O4/c1-7-34(8-2)26-15-17-28(22(5)19-26)31(29-18-16-27(20-23(29)6)35(9-3)10-4)25-13-11-24(12-14-25)21-30(32(36)37)33(38)39/h11-20,30-31H,7-10,21H2,1-6H3,(H,36,37)(H,38,39). The van der Waals surface area contributed by atoms with Crippen LogP contribution in [0, 0.1) is 19.8 Å². The number of hydrogen-bond donors (Lipinski definition) is 2. The molecule has 0 saturated heterocycles. The van der Waals surface area contributed by atoms with E-state index in [4.69, 9.17) is 0 Å². The summed E-state index contributed by atoms with van der Waals surface area (Å²) < 4.78 is 0. The van der Waals surface area contributed by atoms with Gasteiger partial charge in [-0.15, -0.1) is 0 Å². The SMILES string of the molecule is CCN(CC)c1ccc(C(c2ccc(CC(C(=O)O)C(=O)O)cc2)c2ccc(N(CC)CC)cc2C)c(C)c1. The average molecular weight is 531 g/mol. The minimum Gasteiger partial charge on any atom is -0.481 e. The third-order valence-corrected chi connectivity index (χ3v) is 7.74. The number of rotatable bonds is 13. The van der Waals surface area contributed by atoms with Crippen molar-refractivity contribution in [3.8, 4) is 0 Å². The van der Waals surface area contributed by atoms with Gasteiger partial charge in [0, 0.05) is 43.5 Å². The number of anilines is 2. The van der Waals surface area contributed by atoms with Gasteiger partial charge in [0.25, 0.3) is 0 Å². The Balaban J connectivity index is 2.11. The second kappa shape index (κ2) is 13.3. The first-order valence-electron chi connectivity index (χ1n) is 13.9. The van der Waals surface area contributed by atoms with E-state index in [1.54, 1.807) is 0 Å². The smallest absolute Gasteiger partial charge is 0.318 e. The number of carboxylic acids is 2. The van der Waals surface area contributed by atoms with Crippen molar-refractivity contribution in [2.24, 2.45) is 5.92 Å². The normalized spacial score (nSPS) is 11.2. The maximum atomic E-state index is 11.4. The van der Waals surface area contributed by atoms with Gasteiger partial charge in [-0.2, -0.15) is 0 Å². The van der Waals surface area contributed by atoms with E-state index >= 15 is 0 Å². The lowest BCUT2D eigenvalue weighted by Crippen LogP contribution is -2.25. The Bertz CT molecular complexity index is 1200. The second-order valence-corrected chi connectivity index (χ2v) is 10.0. The number of hydrogen-bond acceptors (Lipinski definition) is 4. The lowest BCUT2D eigenvalue weighted by atomic mass is 9.80. The molecular formula is C33H42N2O4. The zero-order valence-electron chi connectivity index (χ0n) is 24.1. The van der Waals surface area contributed by atoms with Crippen molar-refractivity contribution < 1.29 is 19.8 Å². The van der Waals surface area contributed by atoms with Crippen molar-refractivity contribution in [2.45, 2.75) is 53.9 Å². The fraction of sp³-hybridized carbons (Fsp3) is 0.394. The topological polar surface area (TPSA) is 81.1 Å². The molecule has 3 rings (SSSR count). The Morgan fingerprint density at radius 1 is 0.667 bits per heavy atom. The van der Waals surface area contributed by atoms with E-state index < -0.39 is 17.9 Å². The molecule has 0 unspecified atom stereocenters. The fourth-order valence-corrected chi connectivity index (χ4v) is 5.43. The zero-order valence-corrected chi connectivity index (χ0v) is 24.1. The van der Waals surface area contributed by atoms with Crippen LogP contribution in [0.4, 0.5) is 11.4 Å². The summed E-state index contributed by atoms with van der Waals surface area (Å²) in [4.78, 5) is 27.5. The molecule has 0 aliphatic rings. The number of carbonyl (C=O) groups is 2. The maximum absolute atomic E-state index is 11.4. The number of carboxylic acid groups (broad SMARTS) is 2. The van der Waals surface area contributed by atoms with Crippen LogP contribution >= 0.6 is 0 Å². The van der Waals surface area contributed by atoms with Gasteiger partial charge in [0.2, 0.25) is 0 Å². The highest BCUT2D eigenvalue weighted by atomic mass is 16.4. The molecule has 0 fully saturated rings. The van der Waals surface area contributed by atoms with Gasteiger partial charge in [-0.25, -0.2) is 0 Å². The minimum atomic E-state index is -1.46. The van der Waals surface area contributed by atoms with Gasteiger partial charge >= 0.3 is 11.9 Å². The van der Waals surface area contributed by atoms with Crippen molar-refractivity contribution in [2.75, 3.05) is 36.0 Å². The summed E-state index contributed by atoms with van der Waals surface area (Å²) in [6.45, 7) is 16.8. The first kappa shape index (κ1) is 29.8. The van der Waals surface area contributed by atoms with Crippen molar-refractivity contribution in [1.82, 2.24) is 0 Å². The molecule has 6 heteroatoms. The third kappa shape index (κ3) is 6.80. The van der Waals surface area contributed by atoms with Crippen LogP contribution in [-0.4, -0.2) is 48.3 Å². The third-order valence-electron chi connectivity index (χ3n) is 7.74. The van der Waals surface area contributed by atoms with Crippen LogP contribution in [-0.2, 0) is 16.0 Å². The first-order valence-corrected chi connectivity index (χ1v) is 13.9. The minimum absolute atomic E-state index is 0.0229. The van der Waals surface area contributed by atoms with Gasteiger partial charge in [-0.05, 0) is 106 Å². The van der Waals surface area contributed by atoms with Crippen molar-refractivity contribution in [3.63, 3.8) is 0 Å². The summed E-state index contributed by atoms with van der Waals surface area (Å²) >= 11 is 0. The van der Waals surface area contributed by atoms with Crippen molar-refractivity contribution in [3.05, 3.63) is 94.0 Å². The predicted octanol–water partition coefficient (Wildman–Crippen LogP) is 6.50. The van der Waals surface area contributed by atoms with Gasteiger partial charge < -0.3 is 20.0 Å². The Kier molecular flexibility index (Phi) is 10.2. The average Bonchev–Trinajstić information content (AvgIpc) is 2.91. The van der Waals surface area contributed by atoms with Crippen LogP contribution in [0.1, 0.15) is 67.0 Å². The molecule has 0 bridgehead atoms. The summed E-state index contributed by atoms with van der Waals surface area (Å²) in [5.74, 6) is -4.13. The molecule has 0 heterocycles. The quantitative estimate of drug-likeness (QED) is 0.194. The molecule has 3 aromatic carbocycles. The summed E-state index contributed by atoms with van der Waals surface area (Å²) in [7, 11) is 0. The van der Waals surface area contributed by atoms with Crippen LogP contribution in [0.2, 0.25) is 0 Å². The van der Waals surface area contributed by atoms with Gasteiger partial charge in [-0.1, -0.05) is 36.4 Å². The van der Waals surface area contributed by atoms with Crippen LogP contribution in [0.15, 0.2) is 60.7 Å². The molecule has 0 aliphatic carbocycles. The molecular weight excluding hydrogens is 488 g/mol. The molecule has 208 valence electrons. The first-order chi connectivity index (χ1) is 18.6. The number of nitrogens with zero attached hydrogens (tertiary/aromatic N) is 2. The highest BCUT2D eigenvalue weighted by Gasteiger charge is 2.27. The number of benzene rings is 3. The van der Waals surface area contributed by atoms with E-state index in [9.17, 15) is 19.8 Å². The van der Waals surface area contributed by atoms with E-state index in [-0.39, 0.29) is 12.3 Å². The molecule has 0 atom stereocenters. The number of aliphatic carboxylic acids is 2. The van der Waals surface area contributed by atoms with Crippen molar-refractivity contribution in [1.29, 1.82) is 0 Å². The van der Waals surface area contributed by atoms with Crippen LogP contribution in [0.25, 0.3) is 0 Å². The van der Waals surface area contributed by atoms with E-state index in [2.05, 4.69) is 87.7 Å². The summed E-state index contributed by atoms with van der Waals surface area (Å²) in [5.41, 5.74) is 9.02. The van der Waals surface area contributed by atoms with Crippen LogP contribution in [0.3, 0.4) is 0 Å². The van der Waals surface area contributed by atoms with Crippen LogP contribution < -0.4 is 9.80 Å². The summed E-state index contributed by atoms with van der Waals surface area (Å²) in [6, 6.07) is 21.1. The molecule has 0 aliphatic heterocycles. The monoisotopic (exact) mass is 530 g/mol. The Morgan fingerprint density at radius 3 is 1.41 bits per heavy atom. The predicted molar refractivity (Wildman–Crippen MR) is 159 cm³/mol. The molecule has 0 spiro atoms. The fourth-order valence-electron chi connectivity index (χ4n) is 5.43. The molecule has 3 aromatic rings. The van der Waals surface area contributed by atoms with E-state index in [0.29, 0.717) is 5.56 Å². The molecule has 0 radical (unpaired) electrons. The lowest BCUT2D eigenvalue weighted by Gasteiger charge is -2.27. The van der Waals surface area contributed by atoms with E-state index in [1.165, 1.54) is 33.6 Å². The Morgan fingerprint density at radius 2 is 1.08 bits per heavy atom. The molecule has 6 nitrogen and oxygen atoms in total. The van der Waals surface area contributed by atoms with E-state index in [0.717, 1.165) is 31.7 Å². The van der Waals surface area contributed by atoms with Crippen molar-refractivity contribution >= 4 is 23.3 Å². The summed E-state index contributed by atoms with van der Waals surface area (Å²) in [6.07, 6.45) is -0.0508. The Labute approximate surface area is 232 Å². The molecule has 0 aromatic heterocycles. The van der Waals surface area contributed by atoms with Gasteiger partial charge in [-0.3, -0.25) is 9.59 Å². The zero-order chi connectivity index (χ0) is 28.7. The van der Waals surface area contributed by atoms with Gasteiger partial charge in [0.05, 0.1) is 0 Å². The second-order valence-electron chi connectivity index (χ2n) is 10.0. The molecule has 2 N–H and O–H groups in total.